The highest BCUT2D eigenvalue weighted by Gasteiger charge is 2.19. The molecular weight excluding hydrogens is 454 g/mol. The van der Waals surface area contributed by atoms with Gasteiger partial charge in [0.05, 0.1) is 12.0 Å². The van der Waals surface area contributed by atoms with Crippen LogP contribution >= 0.6 is 34.7 Å². The van der Waals surface area contributed by atoms with Crippen molar-refractivity contribution >= 4 is 40.6 Å². The fraction of sp³-hybridized carbons (Fsp3) is 0.238. The van der Waals surface area contributed by atoms with Gasteiger partial charge in [0.2, 0.25) is 5.82 Å². The zero-order valence-electron chi connectivity index (χ0n) is 16.9. The molecule has 0 spiro atoms. The summed E-state index contributed by atoms with van der Waals surface area (Å²) < 4.78 is 7.46. The monoisotopic (exact) mass is 473 g/mol. The van der Waals surface area contributed by atoms with Crippen LogP contribution in [0.4, 0.5) is 0 Å². The number of nitrogens with one attached hydrogen (secondary N) is 1. The average molecular weight is 474 g/mol. The number of benzene rings is 1. The van der Waals surface area contributed by atoms with Gasteiger partial charge in [-0.25, -0.2) is 4.98 Å². The van der Waals surface area contributed by atoms with Crippen LogP contribution in [0.15, 0.2) is 57.6 Å². The van der Waals surface area contributed by atoms with Gasteiger partial charge in [0.25, 0.3) is 5.91 Å². The molecule has 10 heteroatoms. The van der Waals surface area contributed by atoms with Crippen LogP contribution in [-0.2, 0) is 5.75 Å². The minimum absolute atomic E-state index is 0.148. The van der Waals surface area contributed by atoms with Crippen molar-refractivity contribution in [1.29, 1.82) is 0 Å². The number of nitrogens with zero attached hydrogens (tertiary/aromatic N) is 4. The first-order valence-electron chi connectivity index (χ1n) is 9.62. The highest BCUT2D eigenvalue weighted by molar-refractivity contribution is 7.98. The molecule has 1 amide bonds. The van der Waals surface area contributed by atoms with E-state index in [1.165, 1.54) is 23.1 Å². The molecule has 0 saturated heterocycles. The van der Waals surface area contributed by atoms with Gasteiger partial charge in [0.1, 0.15) is 10.7 Å². The summed E-state index contributed by atoms with van der Waals surface area (Å²) in [5, 5.41) is 15.5. The lowest BCUT2D eigenvalue weighted by Gasteiger charge is -2.09. The molecule has 1 aromatic carbocycles. The molecule has 7 nitrogen and oxygen atoms in total. The SMILES string of the molecule is CC(C)CNC(=O)c1csc(CSc2nnc(-c3ccco3)n2-c2ccc(Cl)cc2)n1. The minimum atomic E-state index is -0.148. The predicted octanol–water partition coefficient (Wildman–Crippen LogP) is 5.32. The Morgan fingerprint density at radius 2 is 2.06 bits per heavy atom. The molecule has 0 aliphatic carbocycles. The van der Waals surface area contributed by atoms with Crippen molar-refractivity contribution in [2.45, 2.75) is 24.8 Å². The van der Waals surface area contributed by atoms with Gasteiger partial charge >= 0.3 is 0 Å². The van der Waals surface area contributed by atoms with Gasteiger partial charge in [-0.15, -0.1) is 21.5 Å². The van der Waals surface area contributed by atoms with Crippen LogP contribution in [0, 0.1) is 5.92 Å². The van der Waals surface area contributed by atoms with Crippen molar-refractivity contribution in [3.05, 3.63) is 63.8 Å². The van der Waals surface area contributed by atoms with E-state index >= 15 is 0 Å². The molecule has 0 radical (unpaired) electrons. The number of rotatable bonds is 8. The smallest absolute Gasteiger partial charge is 0.270 e. The van der Waals surface area contributed by atoms with Gasteiger partial charge in [-0.05, 0) is 42.3 Å². The van der Waals surface area contributed by atoms with Crippen molar-refractivity contribution in [3.63, 3.8) is 0 Å². The van der Waals surface area contributed by atoms with E-state index in [9.17, 15) is 4.79 Å². The molecule has 0 bridgehead atoms. The van der Waals surface area contributed by atoms with E-state index in [-0.39, 0.29) is 5.91 Å². The number of carbonyl (C=O) groups excluding carboxylic acids is 1. The normalized spacial score (nSPS) is 11.2. The number of aromatic nitrogens is 4. The molecule has 3 aromatic heterocycles. The van der Waals surface area contributed by atoms with E-state index in [0.717, 1.165) is 10.7 Å². The highest BCUT2D eigenvalue weighted by Crippen LogP contribution is 2.31. The fourth-order valence-corrected chi connectivity index (χ4v) is 4.62. The van der Waals surface area contributed by atoms with Gasteiger partial charge in [-0.3, -0.25) is 9.36 Å². The van der Waals surface area contributed by atoms with E-state index in [1.807, 2.05) is 41.0 Å². The summed E-state index contributed by atoms with van der Waals surface area (Å²) in [6, 6.07) is 11.1. The molecule has 160 valence electrons. The highest BCUT2D eigenvalue weighted by atomic mass is 35.5. The lowest BCUT2D eigenvalue weighted by molar-refractivity contribution is 0.0944. The summed E-state index contributed by atoms with van der Waals surface area (Å²) in [7, 11) is 0. The molecule has 0 unspecified atom stereocenters. The van der Waals surface area contributed by atoms with Crippen molar-refractivity contribution in [3.8, 4) is 17.3 Å². The largest absolute Gasteiger partial charge is 0.461 e. The first-order valence-corrected chi connectivity index (χ1v) is 11.9. The van der Waals surface area contributed by atoms with Crippen molar-refractivity contribution in [2.24, 2.45) is 5.92 Å². The number of thiazole rings is 1. The third-order valence-corrected chi connectivity index (χ3v) is 6.46. The lowest BCUT2D eigenvalue weighted by atomic mass is 10.2. The van der Waals surface area contributed by atoms with Crippen LogP contribution in [0.2, 0.25) is 5.02 Å². The van der Waals surface area contributed by atoms with Crippen LogP contribution in [-0.4, -0.2) is 32.2 Å². The van der Waals surface area contributed by atoms with Crippen LogP contribution in [0.5, 0.6) is 0 Å². The Morgan fingerprint density at radius 3 is 2.77 bits per heavy atom. The molecule has 0 atom stereocenters. The summed E-state index contributed by atoms with van der Waals surface area (Å²) >= 11 is 9.00. The molecule has 4 aromatic rings. The summed E-state index contributed by atoms with van der Waals surface area (Å²) in [6.07, 6.45) is 1.60. The maximum absolute atomic E-state index is 12.2. The molecule has 31 heavy (non-hydrogen) atoms. The second-order valence-corrected chi connectivity index (χ2v) is 9.44. The van der Waals surface area contributed by atoms with E-state index in [1.54, 1.807) is 11.6 Å². The first kappa shape index (κ1) is 21.6. The fourth-order valence-electron chi connectivity index (χ4n) is 2.75. The zero-order chi connectivity index (χ0) is 21.8. The van der Waals surface area contributed by atoms with E-state index < -0.39 is 0 Å². The maximum atomic E-state index is 12.2. The van der Waals surface area contributed by atoms with Crippen LogP contribution in [0.1, 0.15) is 29.3 Å². The van der Waals surface area contributed by atoms with Crippen molar-refractivity contribution in [1.82, 2.24) is 25.1 Å². The summed E-state index contributed by atoms with van der Waals surface area (Å²) in [5.41, 5.74) is 1.31. The number of carbonyl (C=O) groups is 1. The molecule has 0 saturated carbocycles. The van der Waals surface area contributed by atoms with Crippen molar-refractivity contribution < 1.29 is 9.21 Å². The summed E-state index contributed by atoms with van der Waals surface area (Å²) in [5.74, 6) is 2.02. The molecule has 0 fully saturated rings. The Morgan fingerprint density at radius 1 is 1.26 bits per heavy atom. The van der Waals surface area contributed by atoms with Gasteiger partial charge in [-0.1, -0.05) is 37.2 Å². The van der Waals surface area contributed by atoms with E-state index in [2.05, 4.69) is 34.3 Å². The van der Waals surface area contributed by atoms with E-state index in [0.29, 0.717) is 45.7 Å². The van der Waals surface area contributed by atoms with Crippen LogP contribution in [0.25, 0.3) is 17.3 Å². The van der Waals surface area contributed by atoms with Crippen LogP contribution in [0.3, 0.4) is 0 Å². The molecule has 0 aliphatic heterocycles. The Hall–Kier alpha value is -2.62. The second-order valence-electron chi connectivity index (χ2n) is 7.11. The lowest BCUT2D eigenvalue weighted by Crippen LogP contribution is -2.27. The summed E-state index contributed by atoms with van der Waals surface area (Å²) in [4.78, 5) is 16.7. The van der Waals surface area contributed by atoms with Gasteiger partial charge in [0, 0.05) is 22.6 Å². The van der Waals surface area contributed by atoms with Gasteiger partial charge < -0.3 is 9.73 Å². The first-order chi connectivity index (χ1) is 15.0. The second kappa shape index (κ2) is 9.67. The van der Waals surface area contributed by atoms with Gasteiger partial charge in [0.15, 0.2) is 10.9 Å². The zero-order valence-corrected chi connectivity index (χ0v) is 19.3. The Labute approximate surface area is 192 Å². The van der Waals surface area contributed by atoms with Gasteiger partial charge in [-0.2, -0.15) is 0 Å². The topological polar surface area (TPSA) is 85.8 Å². The molecule has 1 N–H and O–H groups in total. The summed E-state index contributed by atoms with van der Waals surface area (Å²) in [6.45, 7) is 4.73. The number of furan rings is 1. The third-order valence-electron chi connectivity index (χ3n) is 4.24. The third kappa shape index (κ3) is 5.17. The number of thioether (sulfide) groups is 1. The standard InChI is InChI=1S/C21H20ClN5O2S2/c1-13(2)10-23-20(28)16-11-30-18(24-16)12-31-21-26-25-19(17-4-3-9-29-17)27(21)15-7-5-14(22)6-8-15/h3-9,11,13H,10,12H2,1-2H3,(H,23,28). The minimum Gasteiger partial charge on any atom is -0.461 e. The molecule has 0 aliphatic rings. The number of amides is 1. The molecule has 3 heterocycles. The molecular formula is C21H20ClN5O2S2. The Kier molecular flexibility index (Phi) is 6.74. The molecule has 4 rings (SSSR count). The van der Waals surface area contributed by atoms with Crippen molar-refractivity contribution in [2.75, 3.05) is 6.54 Å². The maximum Gasteiger partial charge on any atom is 0.270 e. The quantitative estimate of drug-likeness (QED) is 0.349. The predicted molar refractivity (Wildman–Crippen MR) is 123 cm³/mol. The van der Waals surface area contributed by atoms with Crippen LogP contribution < -0.4 is 5.32 Å². The average Bonchev–Trinajstić information content (AvgIpc) is 3.51. The number of halogens is 1. The Bertz CT molecular complexity index is 1150. The number of hydrogen-bond donors (Lipinski definition) is 1. The van der Waals surface area contributed by atoms with E-state index in [4.69, 9.17) is 16.0 Å². The Balaban J connectivity index is 1.54. The number of hydrogen-bond acceptors (Lipinski definition) is 7.